The first kappa shape index (κ1) is 13.9. The maximum atomic E-state index is 10.5. The van der Waals surface area contributed by atoms with E-state index in [4.69, 9.17) is 0 Å². The van der Waals surface area contributed by atoms with Crippen LogP contribution in [0.2, 0.25) is 0 Å². The molecule has 0 aliphatic carbocycles. The predicted molar refractivity (Wildman–Crippen MR) is 75.8 cm³/mol. The summed E-state index contributed by atoms with van der Waals surface area (Å²) in [4.78, 5) is 0. The number of nitrogens with zero attached hydrogens (tertiary/aromatic N) is 2. The van der Waals surface area contributed by atoms with Gasteiger partial charge >= 0.3 is 0 Å². The molecule has 1 saturated heterocycles. The Hall–Kier alpha value is -0.520. The highest BCUT2D eigenvalue weighted by atomic mass is 32.2. The minimum Gasteiger partial charge on any atom is -0.389 e. The molecule has 1 fully saturated rings. The van der Waals surface area contributed by atoms with Crippen molar-refractivity contribution in [2.24, 2.45) is 7.05 Å². The molecular formula is C13H23N3OS. The van der Waals surface area contributed by atoms with Crippen LogP contribution >= 0.6 is 11.8 Å². The average Bonchev–Trinajstić information content (AvgIpc) is 2.78. The maximum absolute atomic E-state index is 10.5. The first-order chi connectivity index (χ1) is 8.63. The molecule has 2 N–H and O–H groups in total. The summed E-state index contributed by atoms with van der Waals surface area (Å²) in [5.41, 5.74) is 0.690. The zero-order valence-electron chi connectivity index (χ0n) is 11.2. The van der Waals surface area contributed by atoms with E-state index in [2.05, 4.69) is 17.3 Å². The average molecular weight is 269 g/mol. The van der Waals surface area contributed by atoms with E-state index < -0.39 is 5.60 Å². The van der Waals surface area contributed by atoms with Crippen molar-refractivity contribution in [3.8, 4) is 0 Å². The van der Waals surface area contributed by atoms with Crippen LogP contribution in [-0.4, -0.2) is 38.5 Å². The van der Waals surface area contributed by atoms with Gasteiger partial charge < -0.3 is 10.4 Å². The predicted octanol–water partition coefficient (Wildman–Crippen LogP) is 1.72. The molecule has 0 spiro atoms. The SMILES string of the molecule is CCC(NCC1(O)CCSCC1)c1cnn(C)c1. The molecule has 1 aliphatic rings. The quantitative estimate of drug-likeness (QED) is 0.854. The molecule has 0 amide bonds. The Balaban J connectivity index is 1.90. The molecule has 0 aromatic carbocycles. The molecule has 2 heterocycles. The van der Waals surface area contributed by atoms with Crippen molar-refractivity contribution in [1.29, 1.82) is 0 Å². The van der Waals surface area contributed by atoms with Gasteiger partial charge in [0.05, 0.1) is 11.8 Å². The highest BCUT2D eigenvalue weighted by Crippen LogP contribution is 2.27. The van der Waals surface area contributed by atoms with E-state index >= 15 is 0 Å². The van der Waals surface area contributed by atoms with Crippen LogP contribution in [0.3, 0.4) is 0 Å². The first-order valence-corrected chi connectivity index (χ1v) is 7.80. The van der Waals surface area contributed by atoms with E-state index in [0.29, 0.717) is 6.54 Å². The van der Waals surface area contributed by atoms with Gasteiger partial charge in [0.25, 0.3) is 0 Å². The largest absolute Gasteiger partial charge is 0.389 e. The van der Waals surface area contributed by atoms with Crippen molar-refractivity contribution >= 4 is 11.8 Å². The van der Waals surface area contributed by atoms with E-state index in [9.17, 15) is 5.11 Å². The number of hydrogen-bond donors (Lipinski definition) is 2. The molecular weight excluding hydrogens is 246 g/mol. The van der Waals surface area contributed by atoms with E-state index in [1.807, 2.05) is 35.9 Å². The minimum atomic E-state index is -0.513. The van der Waals surface area contributed by atoms with Gasteiger partial charge in [-0.15, -0.1) is 0 Å². The lowest BCUT2D eigenvalue weighted by Crippen LogP contribution is -2.44. The molecule has 18 heavy (non-hydrogen) atoms. The number of nitrogens with one attached hydrogen (secondary N) is 1. The number of aromatic nitrogens is 2. The van der Waals surface area contributed by atoms with Crippen LogP contribution in [0.25, 0.3) is 0 Å². The Labute approximate surface area is 113 Å². The number of thioether (sulfide) groups is 1. The Bertz CT molecular complexity index is 374. The monoisotopic (exact) mass is 269 g/mol. The molecule has 2 rings (SSSR count). The second-order valence-electron chi connectivity index (χ2n) is 5.13. The number of aryl methyl sites for hydroxylation is 1. The molecule has 0 saturated carbocycles. The fourth-order valence-electron chi connectivity index (χ4n) is 2.36. The zero-order valence-corrected chi connectivity index (χ0v) is 12.0. The molecule has 5 heteroatoms. The van der Waals surface area contributed by atoms with Gasteiger partial charge in [-0.1, -0.05) is 6.92 Å². The summed E-state index contributed by atoms with van der Waals surface area (Å²) in [5.74, 6) is 2.14. The second kappa shape index (κ2) is 6.08. The molecule has 1 aliphatic heterocycles. The fourth-order valence-corrected chi connectivity index (χ4v) is 3.61. The van der Waals surface area contributed by atoms with Gasteiger partial charge in [-0.05, 0) is 30.8 Å². The summed E-state index contributed by atoms with van der Waals surface area (Å²) >= 11 is 1.94. The van der Waals surface area contributed by atoms with E-state index in [1.54, 1.807) is 0 Å². The summed E-state index contributed by atoms with van der Waals surface area (Å²) in [6.45, 7) is 2.84. The van der Waals surface area contributed by atoms with Gasteiger partial charge in [0.1, 0.15) is 0 Å². The number of aliphatic hydroxyl groups is 1. The van der Waals surface area contributed by atoms with E-state index in [-0.39, 0.29) is 6.04 Å². The standard InChI is InChI=1S/C13H23N3OS/c1-3-12(11-8-15-16(2)9-11)14-10-13(17)4-6-18-7-5-13/h8-9,12,14,17H,3-7,10H2,1-2H3. The van der Waals surface area contributed by atoms with Crippen molar-refractivity contribution in [1.82, 2.24) is 15.1 Å². The Morgan fingerprint density at radius 1 is 1.56 bits per heavy atom. The van der Waals surface area contributed by atoms with Crippen LogP contribution in [0.1, 0.15) is 37.8 Å². The molecule has 102 valence electrons. The molecule has 1 aromatic rings. The van der Waals surface area contributed by atoms with E-state index in [1.165, 1.54) is 5.56 Å². The van der Waals surface area contributed by atoms with Crippen LogP contribution in [0.4, 0.5) is 0 Å². The van der Waals surface area contributed by atoms with Gasteiger partial charge in [-0.3, -0.25) is 4.68 Å². The minimum absolute atomic E-state index is 0.289. The van der Waals surface area contributed by atoms with Crippen molar-refractivity contribution in [2.75, 3.05) is 18.1 Å². The summed E-state index contributed by atoms with van der Waals surface area (Å²) in [6.07, 6.45) is 6.75. The molecule has 1 unspecified atom stereocenters. The third-order valence-electron chi connectivity index (χ3n) is 3.64. The normalized spacial score (nSPS) is 20.8. The highest BCUT2D eigenvalue weighted by Gasteiger charge is 2.30. The van der Waals surface area contributed by atoms with Crippen LogP contribution in [0.15, 0.2) is 12.4 Å². The third kappa shape index (κ3) is 3.49. The van der Waals surface area contributed by atoms with Crippen LogP contribution in [-0.2, 0) is 7.05 Å². The zero-order chi connectivity index (χ0) is 13.0. The van der Waals surface area contributed by atoms with Crippen LogP contribution in [0.5, 0.6) is 0 Å². The van der Waals surface area contributed by atoms with Crippen LogP contribution in [0, 0.1) is 0 Å². The third-order valence-corrected chi connectivity index (χ3v) is 4.62. The summed E-state index contributed by atoms with van der Waals surface area (Å²) in [5, 5.41) is 18.2. The van der Waals surface area contributed by atoms with Gasteiger partial charge in [0.15, 0.2) is 0 Å². The molecule has 4 nitrogen and oxygen atoms in total. The van der Waals surface area contributed by atoms with Crippen molar-refractivity contribution in [3.05, 3.63) is 18.0 Å². The van der Waals surface area contributed by atoms with Gasteiger partial charge in [0, 0.05) is 31.4 Å². The van der Waals surface area contributed by atoms with Gasteiger partial charge in [-0.2, -0.15) is 16.9 Å². The van der Waals surface area contributed by atoms with Crippen molar-refractivity contribution in [2.45, 2.75) is 37.8 Å². The van der Waals surface area contributed by atoms with Gasteiger partial charge in [0.2, 0.25) is 0 Å². The number of rotatable bonds is 5. The van der Waals surface area contributed by atoms with Crippen LogP contribution < -0.4 is 5.32 Å². The Kier molecular flexibility index (Phi) is 4.70. The summed E-state index contributed by atoms with van der Waals surface area (Å²) < 4.78 is 1.83. The first-order valence-electron chi connectivity index (χ1n) is 6.65. The van der Waals surface area contributed by atoms with E-state index in [0.717, 1.165) is 30.8 Å². The van der Waals surface area contributed by atoms with Gasteiger partial charge in [-0.25, -0.2) is 0 Å². The van der Waals surface area contributed by atoms with Crippen molar-refractivity contribution in [3.63, 3.8) is 0 Å². The van der Waals surface area contributed by atoms with Crippen molar-refractivity contribution < 1.29 is 5.11 Å². The maximum Gasteiger partial charge on any atom is 0.0787 e. The fraction of sp³-hybridized carbons (Fsp3) is 0.769. The highest BCUT2D eigenvalue weighted by molar-refractivity contribution is 7.99. The smallest absolute Gasteiger partial charge is 0.0787 e. The second-order valence-corrected chi connectivity index (χ2v) is 6.35. The Morgan fingerprint density at radius 3 is 2.83 bits per heavy atom. The number of hydrogen-bond acceptors (Lipinski definition) is 4. The lowest BCUT2D eigenvalue weighted by Gasteiger charge is -2.33. The molecule has 1 aromatic heterocycles. The molecule has 1 atom stereocenters. The summed E-state index contributed by atoms with van der Waals surface area (Å²) in [6, 6.07) is 0.289. The summed E-state index contributed by atoms with van der Waals surface area (Å²) in [7, 11) is 1.93. The molecule has 0 bridgehead atoms. The Morgan fingerprint density at radius 2 is 2.28 bits per heavy atom. The topological polar surface area (TPSA) is 50.1 Å². The molecule has 0 radical (unpaired) electrons. The lowest BCUT2D eigenvalue weighted by atomic mass is 9.96. The lowest BCUT2D eigenvalue weighted by molar-refractivity contribution is 0.0294.